The smallest absolute Gasteiger partial charge is 0.457 e. The lowest BCUT2D eigenvalue weighted by molar-refractivity contribution is -0.153. The van der Waals surface area contributed by atoms with Crippen LogP contribution in [-0.4, -0.2) is 48.4 Å². The van der Waals surface area contributed by atoms with E-state index in [0.29, 0.717) is 0 Å². The average molecular weight is 440 g/mol. The van der Waals surface area contributed by atoms with Crippen molar-refractivity contribution in [2.75, 3.05) is 26.4 Å². The average Bonchev–Trinajstić information content (AvgIpc) is 2.70. The van der Waals surface area contributed by atoms with Gasteiger partial charge >= 0.3 is 13.8 Å². The highest BCUT2D eigenvalue weighted by atomic mass is 31.2. The number of unbranched alkanes of at least 4 members (excludes halogenated alkanes) is 11. The van der Waals surface area contributed by atoms with E-state index >= 15 is 0 Å². The Labute approximate surface area is 176 Å². The molecule has 29 heavy (non-hydrogen) atoms. The molecule has 9 heteroatoms. The summed E-state index contributed by atoms with van der Waals surface area (Å²) in [5.41, 5.74) is 5.18. The molecule has 4 N–H and O–H groups in total. The van der Waals surface area contributed by atoms with Crippen LogP contribution < -0.4 is 5.73 Å². The Kier molecular flexibility index (Phi) is 19.1. The number of esters is 1. The predicted molar refractivity (Wildman–Crippen MR) is 113 cm³/mol. The lowest BCUT2D eigenvalue weighted by atomic mass is 10.0. The lowest BCUT2D eigenvalue weighted by Gasteiger charge is -2.17. The summed E-state index contributed by atoms with van der Waals surface area (Å²) in [4.78, 5) is 21.2. The summed E-state index contributed by atoms with van der Waals surface area (Å²) in [7, 11) is -4.25. The van der Waals surface area contributed by atoms with Crippen molar-refractivity contribution < 1.29 is 33.1 Å². The molecule has 0 radical (unpaired) electrons. The molecule has 0 rings (SSSR count). The maximum Gasteiger partial charge on any atom is 0.472 e. The molecule has 174 valence electrons. The molecule has 1 unspecified atom stereocenters. The van der Waals surface area contributed by atoms with Crippen LogP contribution in [-0.2, 0) is 23.1 Å². The fourth-order valence-electron chi connectivity index (χ4n) is 2.86. The van der Waals surface area contributed by atoms with Crippen molar-refractivity contribution in [3.05, 3.63) is 0 Å². The van der Waals surface area contributed by atoms with Crippen LogP contribution in [0.2, 0.25) is 0 Å². The van der Waals surface area contributed by atoms with Gasteiger partial charge in [0.15, 0.2) is 0 Å². The molecule has 2 atom stereocenters. The molecule has 0 amide bonds. The first kappa shape index (κ1) is 28.5. The summed E-state index contributed by atoms with van der Waals surface area (Å²) in [5.74, 6) is -0.449. The number of rotatable bonds is 21. The van der Waals surface area contributed by atoms with Gasteiger partial charge in [-0.15, -0.1) is 0 Å². The number of phosphoric ester groups is 1. The molecule has 0 saturated heterocycles. The first-order chi connectivity index (χ1) is 13.9. The zero-order chi connectivity index (χ0) is 21.8. The molecule has 0 aliphatic carbocycles. The molecule has 0 saturated carbocycles. The quantitative estimate of drug-likeness (QED) is 0.139. The highest BCUT2D eigenvalue weighted by molar-refractivity contribution is 7.47. The number of aliphatic hydroxyl groups is 1. The SMILES string of the molecule is CCCCCCCCCCCCCCC(=O)O[C@H](CO)COP(=O)(O)OCCN. The summed E-state index contributed by atoms with van der Waals surface area (Å²) in [5, 5.41) is 9.23. The van der Waals surface area contributed by atoms with Crippen LogP contribution in [0.1, 0.15) is 90.4 Å². The topological polar surface area (TPSA) is 128 Å². The van der Waals surface area contributed by atoms with Gasteiger partial charge in [0.05, 0.1) is 19.8 Å². The van der Waals surface area contributed by atoms with Crippen LogP contribution in [0.25, 0.3) is 0 Å². The van der Waals surface area contributed by atoms with Crippen molar-refractivity contribution in [3.63, 3.8) is 0 Å². The Balaban J connectivity index is 3.65. The van der Waals surface area contributed by atoms with E-state index in [0.717, 1.165) is 19.3 Å². The van der Waals surface area contributed by atoms with Crippen LogP contribution >= 0.6 is 7.82 Å². The maximum absolute atomic E-state index is 11.8. The van der Waals surface area contributed by atoms with E-state index in [4.69, 9.17) is 15.0 Å². The Bertz CT molecular complexity index is 437. The Morgan fingerprint density at radius 1 is 0.931 bits per heavy atom. The van der Waals surface area contributed by atoms with Gasteiger partial charge in [-0.3, -0.25) is 13.8 Å². The zero-order valence-corrected chi connectivity index (χ0v) is 19.0. The number of phosphoric acid groups is 1. The third kappa shape index (κ3) is 19.2. The molecule has 0 aliphatic heterocycles. The van der Waals surface area contributed by atoms with E-state index in [1.165, 1.54) is 57.8 Å². The summed E-state index contributed by atoms with van der Waals surface area (Å²) < 4.78 is 25.9. The first-order valence-electron chi connectivity index (χ1n) is 11.1. The van der Waals surface area contributed by atoms with Crippen LogP contribution in [0.3, 0.4) is 0 Å². The lowest BCUT2D eigenvalue weighted by Crippen LogP contribution is -2.27. The third-order valence-corrected chi connectivity index (χ3v) is 5.52. The first-order valence-corrected chi connectivity index (χ1v) is 12.6. The van der Waals surface area contributed by atoms with Gasteiger partial charge in [-0.1, -0.05) is 77.6 Å². The normalized spacial score (nSPS) is 14.5. The van der Waals surface area contributed by atoms with Crippen molar-refractivity contribution in [2.24, 2.45) is 5.73 Å². The van der Waals surface area contributed by atoms with E-state index in [-0.39, 0.29) is 19.6 Å². The second-order valence-electron chi connectivity index (χ2n) is 7.32. The molecule has 0 aliphatic rings. The Hall–Kier alpha value is -0.500. The minimum Gasteiger partial charge on any atom is -0.457 e. The number of ether oxygens (including phenoxy) is 1. The van der Waals surface area contributed by atoms with Gasteiger partial charge in [-0.2, -0.15) is 0 Å². The minimum absolute atomic E-state index is 0.0748. The molecule has 0 bridgehead atoms. The third-order valence-electron chi connectivity index (χ3n) is 4.53. The molecule has 0 aromatic heterocycles. The van der Waals surface area contributed by atoms with Crippen molar-refractivity contribution in [2.45, 2.75) is 96.5 Å². The second-order valence-corrected chi connectivity index (χ2v) is 8.77. The molecule has 0 aromatic rings. The van der Waals surface area contributed by atoms with Crippen LogP contribution in [0.5, 0.6) is 0 Å². The number of hydrogen-bond donors (Lipinski definition) is 3. The van der Waals surface area contributed by atoms with E-state index < -0.39 is 33.1 Å². The molecular formula is C20H42NO7P. The monoisotopic (exact) mass is 439 g/mol. The van der Waals surface area contributed by atoms with E-state index in [2.05, 4.69) is 11.4 Å². The standard InChI is InChI=1S/C20H42NO7P/c1-2-3-4-5-6-7-8-9-10-11-12-13-14-20(23)28-19(17-22)18-27-29(24,25)26-16-15-21/h19,22H,2-18,21H2,1H3,(H,24,25)/t19-/m1/s1. The van der Waals surface area contributed by atoms with Gasteiger partial charge in [-0.05, 0) is 6.42 Å². The molecule has 0 heterocycles. The van der Waals surface area contributed by atoms with Gasteiger partial charge in [-0.25, -0.2) is 4.57 Å². The minimum atomic E-state index is -4.25. The predicted octanol–water partition coefficient (Wildman–Crippen LogP) is 4.07. The number of carbonyl (C=O) groups is 1. The summed E-state index contributed by atoms with van der Waals surface area (Å²) in [6.45, 7) is 1.26. The summed E-state index contributed by atoms with van der Waals surface area (Å²) in [6.07, 6.45) is 13.8. The second kappa shape index (κ2) is 19.5. The van der Waals surface area contributed by atoms with E-state index in [1.54, 1.807) is 0 Å². The van der Waals surface area contributed by atoms with Crippen LogP contribution in [0.4, 0.5) is 0 Å². The fraction of sp³-hybridized carbons (Fsp3) is 0.950. The summed E-state index contributed by atoms with van der Waals surface area (Å²) in [6, 6.07) is 0. The number of nitrogens with two attached hydrogens (primary N) is 1. The van der Waals surface area contributed by atoms with Gasteiger partial charge in [0.2, 0.25) is 0 Å². The summed E-state index contributed by atoms with van der Waals surface area (Å²) >= 11 is 0. The highest BCUT2D eigenvalue weighted by Gasteiger charge is 2.24. The molecule has 8 nitrogen and oxygen atoms in total. The van der Waals surface area contributed by atoms with E-state index in [1.807, 2.05) is 0 Å². The van der Waals surface area contributed by atoms with Gasteiger partial charge in [0.25, 0.3) is 0 Å². The molecule has 0 aromatic carbocycles. The highest BCUT2D eigenvalue weighted by Crippen LogP contribution is 2.42. The van der Waals surface area contributed by atoms with E-state index in [9.17, 15) is 19.4 Å². The van der Waals surface area contributed by atoms with Crippen LogP contribution in [0.15, 0.2) is 0 Å². The van der Waals surface area contributed by atoms with Gasteiger partial charge in [0.1, 0.15) is 6.10 Å². The van der Waals surface area contributed by atoms with Crippen molar-refractivity contribution in [1.82, 2.24) is 0 Å². The van der Waals surface area contributed by atoms with Crippen molar-refractivity contribution >= 4 is 13.8 Å². The van der Waals surface area contributed by atoms with Crippen molar-refractivity contribution in [3.8, 4) is 0 Å². The van der Waals surface area contributed by atoms with Gasteiger partial charge in [0, 0.05) is 13.0 Å². The van der Waals surface area contributed by atoms with Crippen molar-refractivity contribution in [1.29, 1.82) is 0 Å². The van der Waals surface area contributed by atoms with Crippen LogP contribution in [0, 0.1) is 0 Å². The number of carbonyl (C=O) groups excluding carboxylic acids is 1. The van der Waals surface area contributed by atoms with Gasteiger partial charge < -0.3 is 20.5 Å². The Morgan fingerprint density at radius 3 is 1.93 bits per heavy atom. The fourth-order valence-corrected chi connectivity index (χ4v) is 3.63. The number of aliphatic hydroxyl groups excluding tert-OH is 1. The zero-order valence-electron chi connectivity index (χ0n) is 18.1. The largest absolute Gasteiger partial charge is 0.472 e. The Morgan fingerprint density at radius 2 is 1.45 bits per heavy atom. The molecular weight excluding hydrogens is 397 g/mol. The maximum atomic E-state index is 11.8. The molecule has 0 fully saturated rings. The number of hydrogen-bond acceptors (Lipinski definition) is 7. The molecule has 0 spiro atoms.